The van der Waals surface area contributed by atoms with Gasteiger partial charge in [-0.05, 0) is 38.5 Å². The molecule has 0 amide bonds. The molecule has 0 aromatic heterocycles. The second kappa shape index (κ2) is 8.49. The molecule has 0 radical (unpaired) electrons. The van der Waals surface area contributed by atoms with E-state index in [2.05, 4.69) is 6.92 Å². The summed E-state index contributed by atoms with van der Waals surface area (Å²) in [6.45, 7) is 11.1. The van der Waals surface area contributed by atoms with E-state index in [1.54, 1.807) is 13.8 Å². The highest BCUT2D eigenvalue weighted by atomic mass is 16.6. The summed E-state index contributed by atoms with van der Waals surface area (Å²) < 4.78 is 12.4. The van der Waals surface area contributed by atoms with Crippen LogP contribution in [-0.2, 0) is 19.1 Å². The highest BCUT2D eigenvalue weighted by Crippen LogP contribution is 2.47. The summed E-state index contributed by atoms with van der Waals surface area (Å²) >= 11 is 0. The molecule has 7 nitrogen and oxygen atoms in total. The Labute approximate surface area is 179 Å². The summed E-state index contributed by atoms with van der Waals surface area (Å²) in [7, 11) is 0. The topological polar surface area (TPSA) is 113 Å². The molecule has 0 spiro atoms. The van der Waals surface area contributed by atoms with Gasteiger partial charge in [-0.2, -0.15) is 0 Å². The number of esters is 1. The zero-order chi connectivity index (χ0) is 22.5. The highest BCUT2D eigenvalue weighted by Gasteiger charge is 2.55. The lowest BCUT2D eigenvalue weighted by Gasteiger charge is -2.37. The number of hydrogen-bond acceptors (Lipinski definition) is 7. The van der Waals surface area contributed by atoms with Gasteiger partial charge in [-0.15, -0.1) is 0 Å². The number of ether oxygens (including phenoxy) is 2. The number of hydrogen-bond donors (Lipinski definition) is 3. The van der Waals surface area contributed by atoms with Crippen LogP contribution in [0.5, 0.6) is 0 Å². The van der Waals surface area contributed by atoms with Crippen LogP contribution < -0.4 is 0 Å². The van der Waals surface area contributed by atoms with Crippen LogP contribution in [0, 0.1) is 35.5 Å². The van der Waals surface area contributed by atoms with Gasteiger partial charge in [-0.3, -0.25) is 9.59 Å². The summed E-state index contributed by atoms with van der Waals surface area (Å²) in [4.78, 5) is 25.3. The van der Waals surface area contributed by atoms with E-state index in [1.165, 1.54) is 0 Å². The summed E-state index contributed by atoms with van der Waals surface area (Å²) in [6, 6.07) is 0. The Bertz CT molecular complexity index is 666. The van der Waals surface area contributed by atoms with E-state index in [0.29, 0.717) is 12.8 Å². The SMILES string of the molecule is CC[C@H]1C(O)C(=O)C[C@H]1[C@@H]1OC(=O)[C@H](C)[C@@H](O)[C@H](C)[C@H](O)[C@@]2(C)CC(C)C(O2)[C@@H]1C. The lowest BCUT2D eigenvalue weighted by Crippen LogP contribution is -2.49. The molecule has 3 N–H and O–H groups in total. The van der Waals surface area contributed by atoms with Crippen LogP contribution in [0.1, 0.15) is 60.8 Å². The van der Waals surface area contributed by atoms with Crippen molar-refractivity contribution in [3.63, 3.8) is 0 Å². The number of carbonyl (C=O) groups is 2. The van der Waals surface area contributed by atoms with Gasteiger partial charge in [0.25, 0.3) is 0 Å². The molecule has 7 heteroatoms. The predicted octanol–water partition coefficient (Wildman–Crippen LogP) is 1.70. The second-order valence-electron chi connectivity index (χ2n) is 10.3. The van der Waals surface area contributed by atoms with Crippen LogP contribution in [0.25, 0.3) is 0 Å². The number of rotatable bonds is 2. The van der Waals surface area contributed by atoms with Crippen molar-refractivity contribution < 1.29 is 34.4 Å². The van der Waals surface area contributed by atoms with E-state index < -0.39 is 47.8 Å². The third-order valence-electron chi connectivity index (χ3n) is 8.14. The highest BCUT2D eigenvalue weighted by molar-refractivity contribution is 5.86. The first kappa shape index (κ1) is 23.6. The van der Waals surface area contributed by atoms with E-state index >= 15 is 0 Å². The average molecular weight is 427 g/mol. The quantitative estimate of drug-likeness (QED) is 0.576. The summed E-state index contributed by atoms with van der Waals surface area (Å²) in [6.07, 6.45) is -2.56. The van der Waals surface area contributed by atoms with Crippen molar-refractivity contribution in [2.75, 3.05) is 0 Å². The minimum absolute atomic E-state index is 0.101. The molecular formula is C23H38O7. The van der Waals surface area contributed by atoms with Crippen LogP contribution in [0.3, 0.4) is 0 Å². The van der Waals surface area contributed by atoms with Gasteiger partial charge in [-0.1, -0.05) is 27.7 Å². The molecular weight excluding hydrogens is 388 g/mol. The number of Topliss-reactive ketones (excluding diaryl/α,β-unsaturated/α-hetero) is 1. The largest absolute Gasteiger partial charge is 0.461 e. The normalized spacial score (nSPS) is 52.8. The van der Waals surface area contributed by atoms with E-state index in [1.807, 2.05) is 20.8 Å². The summed E-state index contributed by atoms with van der Waals surface area (Å²) in [5.41, 5.74) is -0.842. The maximum absolute atomic E-state index is 13.0. The predicted molar refractivity (Wildman–Crippen MR) is 109 cm³/mol. The fourth-order valence-electron chi connectivity index (χ4n) is 6.26. The summed E-state index contributed by atoms with van der Waals surface area (Å²) in [5, 5.41) is 32.2. The minimum atomic E-state index is -1.09. The molecule has 2 saturated heterocycles. The van der Waals surface area contributed by atoms with Crippen LogP contribution >= 0.6 is 0 Å². The molecule has 2 aliphatic heterocycles. The fraction of sp³-hybridized carbons (Fsp3) is 0.913. The Morgan fingerprint density at radius 2 is 1.67 bits per heavy atom. The Hall–Kier alpha value is -1.02. The van der Waals surface area contributed by atoms with Crippen molar-refractivity contribution >= 4 is 11.8 Å². The van der Waals surface area contributed by atoms with Gasteiger partial charge >= 0.3 is 5.97 Å². The van der Waals surface area contributed by atoms with Gasteiger partial charge in [-0.25, -0.2) is 0 Å². The molecule has 3 fully saturated rings. The van der Waals surface area contributed by atoms with Gasteiger partial charge in [0.15, 0.2) is 5.78 Å². The van der Waals surface area contributed by atoms with Crippen molar-refractivity contribution in [2.45, 2.75) is 96.9 Å². The molecule has 3 rings (SSSR count). The van der Waals surface area contributed by atoms with E-state index in [4.69, 9.17) is 9.47 Å². The lowest BCUT2D eigenvalue weighted by atomic mass is 9.76. The molecule has 0 aromatic carbocycles. The van der Waals surface area contributed by atoms with Gasteiger partial charge in [0, 0.05) is 24.2 Å². The van der Waals surface area contributed by atoms with Crippen molar-refractivity contribution in [2.24, 2.45) is 35.5 Å². The van der Waals surface area contributed by atoms with Crippen molar-refractivity contribution in [3.8, 4) is 0 Å². The molecule has 3 aliphatic rings. The van der Waals surface area contributed by atoms with Crippen molar-refractivity contribution in [3.05, 3.63) is 0 Å². The number of carbonyl (C=O) groups excluding carboxylic acids is 2. The molecule has 30 heavy (non-hydrogen) atoms. The molecule has 2 bridgehead atoms. The fourth-order valence-corrected chi connectivity index (χ4v) is 6.26. The smallest absolute Gasteiger partial charge is 0.311 e. The maximum Gasteiger partial charge on any atom is 0.311 e. The third-order valence-corrected chi connectivity index (χ3v) is 8.14. The number of aliphatic hydroxyl groups excluding tert-OH is 3. The van der Waals surface area contributed by atoms with Crippen LogP contribution in [0.4, 0.5) is 0 Å². The first-order chi connectivity index (χ1) is 13.9. The van der Waals surface area contributed by atoms with Gasteiger partial charge in [0.1, 0.15) is 12.2 Å². The number of cyclic esters (lactones) is 1. The Morgan fingerprint density at radius 3 is 2.27 bits per heavy atom. The maximum atomic E-state index is 13.0. The molecule has 1 saturated carbocycles. The van der Waals surface area contributed by atoms with Crippen molar-refractivity contribution in [1.82, 2.24) is 0 Å². The molecule has 172 valence electrons. The van der Waals surface area contributed by atoms with Crippen LogP contribution in [0.2, 0.25) is 0 Å². The van der Waals surface area contributed by atoms with E-state index in [0.717, 1.165) is 0 Å². The first-order valence-corrected chi connectivity index (χ1v) is 11.4. The first-order valence-electron chi connectivity index (χ1n) is 11.4. The molecule has 0 aromatic rings. The number of aliphatic hydroxyl groups is 3. The van der Waals surface area contributed by atoms with E-state index in [9.17, 15) is 24.9 Å². The monoisotopic (exact) mass is 426 g/mol. The molecule has 12 atom stereocenters. The minimum Gasteiger partial charge on any atom is -0.461 e. The zero-order valence-corrected chi connectivity index (χ0v) is 18.9. The zero-order valence-electron chi connectivity index (χ0n) is 18.9. The molecule has 3 unspecified atom stereocenters. The van der Waals surface area contributed by atoms with Gasteiger partial charge in [0.2, 0.25) is 0 Å². The Kier molecular flexibility index (Phi) is 6.69. The van der Waals surface area contributed by atoms with E-state index in [-0.39, 0.29) is 42.0 Å². The number of fused-ring (bicyclic) bond motifs is 2. The average Bonchev–Trinajstić information content (AvgIpc) is 3.17. The summed E-state index contributed by atoms with van der Waals surface area (Å²) in [5.74, 6) is -2.87. The van der Waals surface area contributed by atoms with Gasteiger partial charge < -0.3 is 24.8 Å². The third kappa shape index (κ3) is 3.83. The standard InChI is InChI=1S/C23H38O7/c1-7-14-15(8-16(24)18(14)26)20-13(5)19-10(2)9-23(6,30-19)21(27)11(3)17(25)12(4)22(28)29-20/h10-15,17-21,25-27H,7-9H2,1-6H3/t10?,11-,12+,13-,14+,15+,17-,18?,19?,20+,21-,23+/m0/s1. The van der Waals surface area contributed by atoms with Crippen LogP contribution in [-0.4, -0.2) is 63.2 Å². The van der Waals surface area contributed by atoms with Crippen LogP contribution in [0.15, 0.2) is 0 Å². The number of ketones is 1. The molecule has 2 heterocycles. The Morgan fingerprint density at radius 1 is 1.03 bits per heavy atom. The lowest BCUT2D eigenvalue weighted by molar-refractivity contribution is -0.170. The Balaban J connectivity index is 2.02. The second-order valence-corrected chi connectivity index (χ2v) is 10.3. The van der Waals surface area contributed by atoms with Gasteiger partial charge in [0.05, 0.1) is 29.8 Å². The molecule has 1 aliphatic carbocycles. The van der Waals surface area contributed by atoms with Crippen molar-refractivity contribution in [1.29, 1.82) is 0 Å².